The summed E-state index contributed by atoms with van der Waals surface area (Å²) >= 11 is 5.83. The van der Waals surface area contributed by atoms with Gasteiger partial charge in [-0.2, -0.15) is 4.99 Å². The monoisotopic (exact) mass is 227 g/mol. The van der Waals surface area contributed by atoms with Crippen molar-refractivity contribution < 1.29 is 0 Å². The molecule has 6 heteroatoms. The number of nitrogens with one attached hydrogen (secondary N) is 1. The predicted molar refractivity (Wildman–Crippen MR) is 62.3 cm³/mol. The Morgan fingerprint density at radius 1 is 1.60 bits per heavy atom. The summed E-state index contributed by atoms with van der Waals surface area (Å²) in [5.41, 5.74) is 0. The second-order valence-corrected chi connectivity index (χ2v) is 3.17. The van der Waals surface area contributed by atoms with E-state index in [0.29, 0.717) is 5.84 Å². The Morgan fingerprint density at radius 2 is 2.33 bits per heavy atom. The first-order valence-electron chi connectivity index (χ1n) is 4.77. The van der Waals surface area contributed by atoms with Gasteiger partial charge in [-0.15, -0.1) is 0 Å². The molecular weight excluding hydrogens is 214 g/mol. The lowest BCUT2D eigenvalue weighted by Gasteiger charge is -2.27. The van der Waals surface area contributed by atoms with Crippen LogP contribution in [0.25, 0.3) is 0 Å². The SMILES string of the molecule is CCC#CC1=NC(NCC)N(N)C(Cl)=N1. The van der Waals surface area contributed by atoms with Crippen LogP contribution in [0.5, 0.6) is 0 Å². The van der Waals surface area contributed by atoms with Crippen molar-refractivity contribution in [3.05, 3.63) is 0 Å². The highest BCUT2D eigenvalue weighted by Crippen LogP contribution is 2.05. The van der Waals surface area contributed by atoms with Crippen LogP contribution in [0.4, 0.5) is 0 Å². The molecule has 0 saturated heterocycles. The van der Waals surface area contributed by atoms with E-state index in [4.69, 9.17) is 17.4 Å². The molecule has 0 aromatic heterocycles. The lowest BCUT2D eigenvalue weighted by molar-refractivity contribution is 0.283. The molecule has 1 rings (SSSR count). The molecule has 0 aromatic rings. The van der Waals surface area contributed by atoms with E-state index in [1.807, 2.05) is 13.8 Å². The van der Waals surface area contributed by atoms with Crippen molar-refractivity contribution in [2.75, 3.05) is 6.54 Å². The topological polar surface area (TPSA) is 66.0 Å². The maximum absolute atomic E-state index is 5.83. The summed E-state index contributed by atoms with van der Waals surface area (Å²) in [4.78, 5) is 8.15. The molecule has 0 aliphatic carbocycles. The maximum Gasteiger partial charge on any atom is 0.218 e. The van der Waals surface area contributed by atoms with E-state index in [-0.39, 0.29) is 11.6 Å². The third-order valence-electron chi connectivity index (χ3n) is 1.68. The molecule has 1 heterocycles. The Kier molecular flexibility index (Phi) is 4.56. The maximum atomic E-state index is 5.83. The predicted octanol–water partition coefficient (Wildman–Crippen LogP) is 0.476. The lowest BCUT2D eigenvalue weighted by Crippen LogP contribution is -2.52. The average Bonchev–Trinajstić information content (AvgIpc) is 2.22. The van der Waals surface area contributed by atoms with Gasteiger partial charge in [-0.3, -0.25) is 5.32 Å². The number of hydrogen-bond donors (Lipinski definition) is 2. The molecule has 5 nitrogen and oxygen atoms in total. The van der Waals surface area contributed by atoms with Gasteiger partial charge in [-0.1, -0.05) is 19.8 Å². The van der Waals surface area contributed by atoms with Gasteiger partial charge >= 0.3 is 0 Å². The van der Waals surface area contributed by atoms with Gasteiger partial charge in [0, 0.05) is 6.42 Å². The number of hydrogen-bond acceptors (Lipinski definition) is 5. The molecule has 82 valence electrons. The van der Waals surface area contributed by atoms with Crippen molar-refractivity contribution in [1.82, 2.24) is 10.3 Å². The standard InChI is InChI=1S/C9H14ClN5/c1-3-5-6-7-13-8(10)15(11)9(14-7)12-4-2/h9,12H,3-4,11H2,1-2H3. The highest BCUT2D eigenvalue weighted by molar-refractivity contribution is 6.65. The Bertz CT molecular complexity index is 338. The third-order valence-corrected chi connectivity index (χ3v) is 1.96. The summed E-state index contributed by atoms with van der Waals surface area (Å²) in [5.74, 6) is 11.8. The molecule has 0 radical (unpaired) electrons. The van der Waals surface area contributed by atoms with Crippen molar-refractivity contribution in [2.24, 2.45) is 15.8 Å². The number of aliphatic imine (C=N–C) groups is 2. The first-order valence-corrected chi connectivity index (χ1v) is 5.15. The van der Waals surface area contributed by atoms with Crippen molar-refractivity contribution in [3.8, 4) is 11.8 Å². The van der Waals surface area contributed by atoms with E-state index in [1.54, 1.807) is 0 Å². The van der Waals surface area contributed by atoms with Crippen molar-refractivity contribution in [3.63, 3.8) is 0 Å². The van der Waals surface area contributed by atoms with E-state index in [2.05, 4.69) is 27.1 Å². The molecule has 3 N–H and O–H groups in total. The van der Waals surface area contributed by atoms with Gasteiger partial charge in [0.2, 0.25) is 11.1 Å². The molecule has 0 fully saturated rings. The molecule has 1 unspecified atom stereocenters. The number of halogens is 1. The largest absolute Gasteiger partial charge is 0.278 e. The zero-order chi connectivity index (χ0) is 11.3. The van der Waals surface area contributed by atoms with E-state index in [0.717, 1.165) is 13.0 Å². The van der Waals surface area contributed by atoms with E-state index >= 15 is 0 Å². The molecule has 0 bridgehead atoms. The Balaban J connectivity index is 2.84. The molecule has 15 heavy (non-hydrogen) atoms. The molecule has 0 saturated carbocycles. The van der Waals surface area contributed by atoms with Crippen LogP contribution in [0.2, 0.25) is 0 Å². The summed E-state index contributed by atoms with van der Waals surface area (Å²) in [6.45, 7) is 4.65. The first kappa shape index (κ1) is 12.0. The van der Waals surface area contributed by atoms with Crippen molar-refractivity contribution in [2.45, 2.75) is 26.6 Å². The van der Waals surface area contributed by atoms with Gasteiger partial charge in [0.05, 0.1) is 0 Å². The fraction of sp³-hybridized carbons (Fsp3) is 0.556. The quantitative estimate of drug-likeness (QED) is 0.410. The lowest BCUT2D eigenvalue weighted by atomic mass is 10.4. The van der Waals surface area contributed by atoms with E-state index in [1.165, 1.54) is 5.01 Å². The highest BCUT2D eigenvalue weighted by atomic mass is 35.5. The minimum atomic E-state index is -0.388. The van der Waals surface area contributed by atoms with Crippen molar-refractivity contribution in [1.29, 1.82) is 0 Å². The summed E-state index contributed by atoms with van der Waals surface area (Å²) in [6.07, 6.45) is 0.367. The smallest absolute Gasteiger partial charge is 0.218 e. The van der Waals surface area contributed by atoms with Gasteiger partial charge in [-0.05, 0) is 24.1 Å². The fourth-order valence-electron chi connectivity index (χ4n) is 1.01. The van der Waals surface area contributed by atoms with E-state index in [9.17, 15) is 0 Å². The number of rotatable bonds is 2. The second kappa shape index (κ2) is 5.71. The van der Waals surface area contributed by atoms with Crippen molar-refractivity contribution >= 4 is 22.7 Å². The Morgan fingerprint density at radius 3 is 2.93 bits per heavy atom. The average molecular weight is 228 g/mol. The number of hydrazine groups is 1. The van der Waals surface area contributed by atoms with Crippen LogP contribution >= 0.6 is 11.6 Å². The molecule has 0 aromatic carbocycles. The van der Waals surface area contributed by atoms with Crippen LogP contribution in [0.15, 0.2) is 9.98 Å². The fourth-order valence-corrected chi connectivity index (χ4v) is 1.18. The van der Waals surface area contributed by atoms with Crippen LogP contribution in [0.1, 0.15) is 20.3 Å². The molecule has 1 atom stereocenters. The highest BCUT2D eigenvalue weighted by Gasteiger charge is 2.21. The Hall–Kier alpha value is -1.09. The second-order valence-electron chi connectivity index (χ2n) is 2.83. The minimum absolute atomic E-state index is 0.191. The first-order chi connectivity index (χ1) is 7.19. The summed E-state index contributed by atoms with van der Waals surface area (Å²) in [7, 11) is 0. The van der Waals surface area contributed by atoms with E-state index < -0.39 is 0 Å². The normalized spacial score (nSPS) is 20.3. The van der Waals surface area contributed by atoms with Crippen LogP contribution in [-0.4, -0.2) is 29.0 Å². The van der Waals surface area contributed by atoms with Gasteiger partial charge in [0.1, 0.15) is 0 Å². The Labute approximate surface area is 94.4 Å². The van der Waals surface area contributed by atoms with Gasteiger partial charge in [-0.25, -0.2) is 15.8 Å². The minimum Gasteiger partial charge on any atom is -0.278 e. The van der Waals surface area contributed by atoms with Crippen LogP contribution in [-0.2, 0) is 0 Å². The summed E-state index contributed by atoms with van der Waals surface area (Å²) in [6, 6.07) is 0. The summed E-state index contributed by atoms with van der Waals surface area (Å²) in [5, 5.41) is 4.51. The van der Waals surface area contributed by atoms with Gasteiger partial charge < -0.3 is 0 Å². The third kappa shape index (κ3) is 3.20. The number of amidine groups is 2. The molecule has 0 spiro atoms. The van der Waals surface area contributed by atoms with Crippen LogP contribution < -0.4 is 11.2 Å². The molecule has 1 aliphatic rings. The zero-order valence-corrected chi connectivity index (χ0v) is 9.54. The molecule has 1 aliphatic heterocycles. The summed E-state index contributed by atoms with van der Waals surface area (Å²) < 4.78 is 0. The number of nitrogens with two attached hydrogens (primary N) is 1. The zero-order valence-electron chi connectivity index (χ0n) is 8.79. The molecular formula is C9H14ClN5. The van der Waals surface area contributed by atoms with Crippen LogP contribution in [0.3, 0.4) is 0 Å². The van der Waals surface area contributed by atoms with Gasteiger partial charge in [0.15, 0.2) is 6.29 Å². The molecule has 0 amide bonds. The van der Waals surface area contributed by atoms with Crippen LogP contribution in [0, 0.1) is 11.8 Å². The number of nitrogens with zero attached hydrogens (tertiary/aromatic N) is 3. The van der Waals surface area contributed by atoms with Gasteiger partial charge in [0.25, 0.3) is 0 Å².